The summed E-state index contributed by atoms with van der Waals surface area (Å²) >= 11 is 0. The number of methoxy groups -OCH3 is 1. The summed E-state index contributed by atoms with van der Waals surface area (Å²) in [5, 5.41) is 13.6. The molecule has 2 N–H and O–H groups in total. The fourth-order valence-corrected chi connectivity index (χ4v) is 4.87. The molecule has 0 unspecified atom stereocenters. The lowest BCUT2D eigenvalue weighted by Gasteiger charge is -2.25. The smallest absolute Gasteiger partial charge is 0.255 e. The number of aromatic hydroxyl groups is 1. The molecule has 2 aliphatic rings. The third kappa shape index (κ3) is 3.99. The average Bonchev–Trinajstić information content (AvgIpc) is 3.46. The van der Waals surface area contributed by atoms with Crippen LogP contribution < -0.4 is 10.1 Å². The Morgan fingerprint density at radius 2 is 2.00 bits per heavy atom. The topological polar surface area (TPSA) is 91.8 Å². The van der Waals surface area contributed by atoms with Gasteiger partial charge in [0, 0.05) is 29.7 Å². The van der Waals surface area contributed by atoms with Crippen molar-refractivity contribution in [2.75, 3.05) is 13.7 Å². The number of rotatable bonds is 5. The van der Waals surface area contributed by atoms with E-state index in [2.05, 4.69) is 10.3 Å². The molecule has 0 bridgehead atoms. The Hall–Kier alpha value is -3.61. The summed E-state index contributed by atoms with van der Waals surface area (Å²) in [6.07, 6.45) is 2.73. The van der Waals surface area contributed by atoms with Gasteiger partial charge in [-0.2, -0.15) is 0 Å². The van der Waals surface area contributed by atoms with Crippen LogP contribution in [0.4, 0.5) is 0 Å². The molecule has 1 aliphatic heterocycles. The summed E-state index contributed by atoms with van der Waals surface area (Å²) in [7, 11) is 1.60. The number of nitrogens with one attached hydrogen (secondary N) is 1. The molecule has 170 valence electrons. The number of carbonyl (C=O) groups is 2. The number of phenolic OH excluding ortho intramolecular Hbond substituents is 1. The van der Waals surface area contributed by atoms with Gasteiger partial charge in [0.1, 0.15) is 17.5 Å². The first kappa shape index (κ1) is 21.2. The first-order valence-corrected chi connectivity index (χ1v) is 11.2. The van der Waals surface area contributed by atoms with Gasteiger partial charge in [-0.25, -0.2) is 0 Å². The molecule has 2 amide bonds. The van der Waals surface area contributed by atoms with Crippen LogP contribution in [0.3, 0.4) is 0 Å². The molecule has 3 aromatic rings. The summed E-state index contributed by atoms with van der Waals surface area (Å²) in [5.74, 6) is 0.441. The van der Waals surface area contributed by atoms with E-state index in [9.17, 15) is 14.7 Å². The molecule has 1 atom stereocenters. The van der Waals surface area contributed by atoms with Crippen molar-refractivity contribution in [1.82, 2.24) is 15.2 Å². The molecule has 7 heteroatoms. The number of pyridine rings is 1. The molecule has 1 saturated carbocycles. The van der Waals surface area contributed by atoms with Gasteiger partial charge in [0.05, 0.1) is 18.2 Å². The molecule has 7 nitrogen and oxygen atoms in total. The van der Waals surface area contributed by atoms with Gasteiger partial charge in [-0.3, -0.25) is 14.6 Å². The highest BCUT2D eigenvalue weighted by Gasteiger charge is 2.55. The van der Waals surface area contributed by atoms with Crippen molar-refractivity contribution in [3.63, 3.8) is 0 Å². The van der Waals surface area contributed by atoms with E-state index in [1.165, 1.54) is 0 Å². The highest BCUT2D eigenvalue weighted by molar-refractivity contribution is 6.08. The Kier molecular flexibility index (Phi) is 5.19. The van der Waals surface area contributed by atoms with E-state index in [0.717, 1.165) is 18.4 Å². The fourth-order valence-electron chi connectivity index (χ4n) is 4.87. The Morgan fingerprint density at radius 1 is 1.21 bits per heavy atom. The number of fused-ring (bicyclic) bond motifs is 1. The molecule has 2 fully saturated rings. The maximum Gasteiger partial charge on any atom is 0.255 e. The minimum atomic E-state index is -0.532. The summed E-state index contributed by atoms with van der Waals surface area (Å²) < 4.78 is 5.38. The van der Waals surface area contributed by atoms with Crippen LogP contribution in [-0.4, -0.2) is 46.5 Å². The molecule has 1 spiro atoms. The first-order valence-electron chi connectivity index (χ1n) is 11.2. The number of carbonyl (C=O) groups excluding carboxylic acids is 2. The number of phenols is 1. The van der Waals surface area contributed by atoms with Gasteiger partial charge in [0.2, 0.25) is 5.91 Å². The second-order valence-electron chi connectivity index (χ2n) is 9.20. The first-order chi connectivity index (χ1) is 15.9. The van der Waals surface area contributed by atoms with E-state index >= 15 is 0 Å². The molecule has 33 heavy (non-hydrogen) atoms. The third-order valence-corrected chi connectivity index (χ3v) is 6.83. The summed E-state index contributed by atoms with van der Waals surface area (Å²) in [6, 6.07) is 13.6. The predicted molar refractivity (Wildman–Crippen MR) is 124 cm³/mol. The predicted octanol–water partition coefficient (Wildman–Crippen LogP) is 3.57. The fraction of sp³-hybridized carbons (Fsp3) is 0.346. The highest BCUT2D eigenvalue weighted by atomic mass is 16.5. The molecule has 0 radical (unpaired) electrons. The van der Waals surface area contributed by atoms with Crippen LogP contribution in [0, 0.1) is 12.3 Å². The second-order valence-corrected chi connectivity index (χ2v) is 9.20. The van der Waals surface area contributed by atoms with Crippen LogP contribution in [0.1, 0.15) is 40.9 Å². The lowest BCUT2D eigenvalue weighted by atomic mass is 10.0. The van der Waals surface area contributed by atoms with Crippen molar-refractivity contribution in [3.8, 4) is 11.5 Å². The molecular weight excluding hydrogens is 418 g/mol. The zero-order chi connectivity index (χ0) is 23.2. The number of nitrogens with zero attached hydrogens (tertiary/aromatic N) is 2. The van der Waals surface area contributed by atoms with Crippen LogP contribution in [-0.2, 0) is 11.3 Å². The molecule has 1 aliphatic carbocycles. The number of ether oxygens (including phenoxy) is 1. The van der Waals surface area contributed by atoms with Gasteiger partial charge in [0.25, 0.3) is 5.91 Å². The second kappa shape index (κ2) is 8.06. The number of para-hydroxylation sites is 1. The Labute approximate surface area is 192 Å². The normalized spacial score (nSPS) is 18.5. The number of aryl methyl sites for hydroxylation is 1. The zero-order valence-corrected chi connectivity index (χ0v) is 18.8. The van der Waals surface area contributed by atoms with Gasteiger partial charge in [0.15, 0.2) is 0 Å². The van der Waals surface area contributed by atoms with Crippen LogP contribution >= 0.6 is 0 Å². The maximum atomic E-state index is 13.7. The van der Waals surface area contributed by atoms with Crippen LogP contribution in [0.25, 0.3) is 10.9 Å². The van der Waals surface area contributed by atoms with Gasteiger partial charge < -0.3 is 20.1 Å². The van der Waals surface area contributed by atoms with Gasteiger partial charge in [-0.15, -0.1) is 0 Å². The van der Waals surface area contributed by atoms with E-state index in [0.29, 0.717) is 47.4 Å². The monoisotopic (exact) mass is 445 g/mol. The Morgan fingerprint density at radius 3 is 2.76 bits per heavy atom. The van der Waals surface area contributed by atoms with Crippen LogP contribution in [0.2, 0.25) is 0 Å². The zero-order valence-electron chi connectivity index (χ0n) is 18.8. The van der Waals surface area contributed by atoms with Crippen LogP contribution in [0.15, 0.2) is 48.5 Å². The SMILES string of the molecule is COc1ccccc1CNC(=O)[C@H]1CC2(CC2)CN1C(=O)c1cc(C)nc2ccc(O)cc12. The lowest BCUT2D eigenvalue weighted by Crippen LogP contribution is -2.45. The number of benzene rings is 2. The van der Waals surface area contributed by atoms with Crippen molar-refractivity contribution >= 4 is 22.7 Å². The lowest BCUT2D eigenvalue weighted by molar-refractivity contribution is -0.125. The van der Waals surface area contributed by atoms with Crippen molar-refractivity contribution in [2.24, 2.45) is 5.41 Å². The van der Waals surface area contributed by atoms with Crippen molar-refractivity contribution in [3.05, 3.63) is 65.4 Å². The summed E-state index contributed by atoms with van der Waals surface area (Å²) in [4.78, 5) is 33.2. The quantitative estimate of drug-likeness (QED) is 0.627. The van der Waals surface area contributed by atoms with Gasteiger partial charge in [-0.1, -0.05) is 18.2 Å². The number of amides is 2. The molecule has 1 saturated heterocycles. The molecular formula is C26H27N3O4. The van der Waals surface area contributed by atoms with Crippen molar-refractivity contribution in [2.45, 2.75) is 38.8 Å². The standard InChI is InChI=1S/C26H27N3O4/c1-16-11-20(19-12-18(30)7-8-21(19)28-16)25(32)29-15-26(9-10-26)13-22(29)24(31)27-14-17-5-3-4-6-23(17)33-2/h3-8,11-12,22,30H,9-10,13-15H2,1-2H3,(H,27,31)/t22-/m1/s1. The van der Waals surface area contributed by atoms with Crippen molar-refractivity contribution in [1.29, 1.82) is 0 Å². The molecule has 1 aromatic heterocycles. The summed E-state index contributed by atoms with van der Waals surface area (Å²) in [5.41, 5.74) is 2.76. The van der Waals surface area contributed by atoms with E-state index in [-0.39, 0.29) is 23.0 Å². The van der Waals surface area contributed by atoms with E-state index < -0.39 is 6.04 Å². The largest absolute Gasteiger partial charge is 0.508 e. The molecule has 5 rings (SSSR count). The number of hydrogen-bond donors (Lipinski definition) is 2. The minimum absolute atomic E-state index is 0.0438. The van der Waals surface area contributed by atoms with Crippen LogP contribution in [0.5, 0.6) is 11.5 Å². The average molecular weight is 446 g/mol. The highest BCUT2D eigenvalue weighted by Crippen LogP contribution is 2.55. The molecule has 2 aromatic carbocycles. The van der Waals surface area contributed by atoms with E-state index in [1.54, 1.807) is 36.3 Å². The van der Waals surface area contributed by atoms with Gasteiger partial charge in [-0.05, 0) is 61.9 Å². The van der Waals surface area contributed by atoms with E-state index in [4.69, 9.17) is 4.74 Å². The summed E-state index contributed by atoms with van der Waals surface area (Å²) in [6.45, 7) is 2.74. The van der Waals surface area contributed by atoms with Crippen molar-refractivity contribution < 1.29 is 19.4 Å². The van der Waals surface area contributed by atoms with Gasteiger partial charge >= 0.3 is 0 Å². The Bertz CT molecular complexity index is 1250. The van der Waals surface area contributed by atoms with E-state index in [1.807, 2.05) is 31.2 Å². The number of aromatic nitrogens is 1. The maximum absolute atomic E-state index is 13.7. The minimum Gasteiger partial charge on any atom is -0.508 e. The number of likely N-dealkylation sites (tertiary alicyclic amines) is 1. The third-order valence-electron chi connectivity index (χ3n) is 6.83. The number of hydrogen-bond acceptors (Lipinski definition) is 5. The molecule has 2 heterocycles. The Balaban J connectivity index is 1.42.